The third-order valence-corrected chi connectivity index (χ3v) is 12.3. The van der Waals surface area contributed by atoms with Gasteiger partial charge < -0.3 is 93.1 Å². The highest BCUT2D eigenvalue weighted by Crippen LogP contribution is 2.46. The van der Waals surface area contributed by atoms with E-state index in [2.05, 4.69) is 0 Å². The number of nitrogens with zero attached hydrogens (tertiary/aromatic N) is 1. The van der Waals surface area contributed by atoms with Crippen molar-refractivity contribution in [1.82, 2.24) is 4.90 Å². The van der Waals surface area contributed by atoms with Crippen molar-refractivity contribution in [3.05, 3.63) is 0 Å². The lowest BCUT2D eigenvalue weighted by molar-refractivity contribution is -0.344. The van der Waals surface area contributed by atoms with E-state index >= 15 is 0 Å². The largest absolute Gasteiger partial charge is 0.463 e. The maximum atomic E-state index is 13.7. The molecule has 23 heteroatoms. The fourth-order valence-corrected chi connectivity index (χ4v) is 8.46. The molecule has 0 aromatic heterocycles. The van der Waals surface area contributed by atoms with Gasteiger partial charge in [0.25, 0.3) is 0 Å². The Kier molecular flexibility index (Phi) is 24.1. The molecule has 0 radical (unpaired) electrons. The highest BCUT2D eigenvalue weighted by molar-refractivity contribution is 5.83. The van der Waals surface area contributed by atoms with Gasteiger partial charge in [-0.15, -0.1) is 0 Å². The van der Waals surface area contributed by atoms with Gasteiger partial charge >= 0.3 is 17.9 Å². The molecule has 8 N–H and O–H groups in total. The molecule has 1 amide bonds. The number of rotatable bonds is 30. The lowest BCUT2D eigenvalue weighted by Crippen LogP contribution is -2.64. The summed E-state index contributed by atoms with van der Waals surface area (Å²) in [5.41, 5.74) is -4.16. The molecule has 3 aliphatic heterocycles. The summed E-state index contributed by atoms with van der Waals surface area (Å²) in [4.78, 5) is 54.3. The summed E-state index contributed by atoms with van der Waals surface area (Å²) in [6.07, 6.45) is -14.2. The molecule has 67 heavy (non-hydrogen) atoms. The third-order valence-electron chi connectivity index (χ3n) is 12.3. The summed E-state index contributed by atoms with van der Waals surface area (Å²) in [5, 5.41) is 81.9. The Bertz CT molecular complexity index is 1520. The van der Waals surface area contributed by atoms with Crippen LogP contribution < -0.4 is 0 Å². The van der Waals surface area contributed by atoms with Crippen LogP contribution in [0.3, 0.4) is 0 Å². The zero-order chi connectivity index (χ0) is 50.1. The topological polar surface area (TPSA) is 326 Å². The molecule has 3 rings (SSSR count). The lowest BCUT2D eigenvalue weighted by Gasteiger charge is -2.46. The number of aliphatic hydroxyl groups excluding tert-OH is 8. The summed E-state index contributed by atoms with van der Waals surface area (Å²) in [7, 11) is 1.30. The second kappa shape index (κ2) is 27.6. The van der Waals surface area contributed by atoms with Crippen LogP contribution in [0.15, 0.2) is 0 Å². The second-order valence-electron chi connectivity index (χ2n) is 18.7. The van der Waals surface area contributed by atoms with Crippen molar-refractivity contribution in [1.29, 1.82) is 0 Å². The number of ether oxygens (including phenoxy) is 10. The first-order valence-corrected chi connectivity index (χ1v) is 22.9. The first-order chi connectivity index (χ1) is 31.6. The summed E-state index contributed by atoms with van der Waals surface area (Å²) in [6, 6.07) is 0. The molecule has 0 aliphatic carbocycles. The van der Waals surface area contributed by atoms with E-state index in [-0.39, 0.29) is 84.6 Å². The number of methoxy groups -OCH3 is 1. The van der Waals surface area contributed by atoms with E-state index in [0.29, 0.717) is 13.0 Å². The van der Waals surface area contributed by atoms with Crippen LogP contribution in [0, 0.1) is 16.2 Å². The number of esters is 3. The average Bonchev–Trinajstić information content (AvgIpc) is 3.70. The maximum Gasteiger partial charge on any atom is 0.311 e. The van der Waals surface area contributed by atoms with E-state index in [9.17, 15) is 54.9 Å². The molecule has 0 aromatic carbocycles. The monoisotopic (exact) mass is 971 g/mol. The first kappa shape index (κ1) is 58.6. The Hall–Kier alpha value is -2.72. The quantitative estimate of drug-likeness (QED) is 0.0211. The molecule has 0 saturated carbocycles. The van der Waals surface area contributed by atoms with Gasteiger partial charge in [0, 0.05) is 20.1 Å². The Morgan fingerprint density at radius 1 is 0.731 bits per heavy atom. The predicted octanol–water partition coefficient (Wildman–Crippen LogP) is -2.42. The van der Waals surface area contributed by atoms with Crippen LogP contribution in [-0.2, 0) is 66.5 Å². The highest BCUT2D eigenvalue weighted by atomic mass is 16.7. The van der Waals surface area contributed by atoms with Crippen LogP contribution in [0.5, 0.6) is 0 Å². The van der Waals surface area contributed by atoms with Gasteiger partial charge in [0.2, 0.25) is 5.91 Å². The molecule has 14 unspecified atom stereocenters. The van der Waals surface area contributed by atoms with Gasteiger partial charge in [0.05, 0.1) is 81.7 Å². The number of hydrogen-bond donors (Lipinski definition) is 8. The second-order valence-corrected chi connectivity index (χ2v) is 18.7. The number of likely N-dealkylation sites (tertiary alicyclic amines) is 1. The van der Waals surface area contributed by atoms with Crippen LogP contribution in [-0.4, -0.2) is 236 Å². The van der Waals surface area contributed by atoms with E-state index < -0.39 is 127 Å². The maximum absolute atomic E-state index is 13.7. The molecule has 390 valence electrons. The van der Waals surface area contributed by atoms with E-state index in [1.54, 1.807) is 25.7 Å². The van der Waals surface area contributed by atoms with Crippen LogP contribution in [0.4, 0.5) is 0 Å². The minimum absolute atomic E-state index is 0.0178. The number of hydrogen-bond acceptors (Lipinski definition) is 22. The molecule has 14 atom stereocenters. The van der Waals surface area contributed by atoms with Crippen molar-refractivity contribution in [3.8, 4) is 0 Å². The van der Waals surface area contributed by atoms with Crippen LogP contribution >= 0.6 is 0 Å². The van der Waals surface area contributed by atoms with Crippen molar-refractivity contribution in [2.24, 2.45) is 16.2 Å². The predicted molar refractivity (Wildman–Crippen MR) is 230 cm³/mol. The molecule has 3 heterocycles. The average molecular weight is 972 g/mol. The van der Waals surface area contributed by atoms with Crippen molar-refractivity contribution in [3.63, 3.8) is 0 Å². The molecule has 0 aromatic rings. The minimum atomic E-state index is -1.65. The minimum Gasteiger partial charge on any atom is -0.463 e. The molecule has 3 saturated heterocycles. The van der Waals surface area contributed by atoms with Crippen molar-refractivity contribution in [2.75, 3.05) is 92.9 Å². The molecule has 0 bridgehead atoms. The van der Waals surface area contributed by atoms with Gasteiger partial charge in [-0.3, -0.25) is 19.2 Å². The zero-order valence-corrected chi connectivity index (χ0v) is 39.9. The molecule has 23 nitrogen and oxygen atoms in total. The van der Waals surface area contributed by atoms with Gasteiger partial charge in [-0.1, -0.05) is 6.92 Å². The highest BCUT2D eigenvalue weighted by Gasteiger charge is 2.52. The fraction of sp³-hybridized carbons (Fsp3) is 0.909. The van der Waals surface area contributed by atoms with Gasteiger partial charge in [-0.05, 0) is 60.3 Å². The summed E-state index contributed by atoms with van der Waals surface area (Å²) in [6.45, 7) is 7.60. The number of carbonyl (C=O) groups is 4. The fourth-order valence-electron chi connectivity index (χ4n) is 8.46. The number of amides is 1. The van der Waals surface area contributed by atoms with E-state index in [4.69, 9.17) is 52.5 Å². The van der Waals surface area contributed by atoms with Crippen molar-refractivity contribution in [2.45, 2.75) is 147 Å². The Balaban J connectivity index is 1.52. The Morgan fingerprint density at radius 2 is 1.33 bits per heavy atom. The van der Waals surface area contributed by atoms with Gasteiger partial charge in [-0.25, -0.2) is 0 Å². The molecular formula is C44H77NO22. The SMILES string of the molecule is CCC(C)(CC(C)(CC(C)(C)C(=O)OCC(O)COCCOCC1OC(OC2C(COCCO)OC(C)C(O)C2O)C(O)C(O)C1OC)C(=O)OCC(O)CO)C(=O)OCCN1CCCC1=O. The molecule has 3 fully saturated rings. The smallest absolute Gasteiger partial charge is 0.311 e. The zero-order valence-electron chi connectivity index (χ0n) is 39.9. The first-order valence-electron chi connectivity index (χ1n) is 22.9. The number of aliphatic hydroxyl groups is 8. The third kappa shape index (κ3) is 17.0. The van der Waals surface area contributed by atoms with Crippen LogP contribution in [0.25, 0.3) is 0 Å². The molecule has 0 spiro atoms. The Morgan fingerprint density at radius 3 is 1.94 bits per heavy atom. The van der Waals surface area contributed by atoms with Crippen LogP contribution in [0.1, 0.15) is 73.6 Å². The van der Waals surface area contributed by atoms with Gasteiger partial charge in [0.1, 0.15) is 80.9 Å². The normalized spacial score (nSPS) is 29.7. The Labute approximate surface area is 391 Å². The summed E-state index contributed by atoms with van der Waals surface area (Å²) >= 11 is 0. The standard InChI is InChI=1S/C44H77NO22/c1-8-43(5,40(56)62-14-12-45-11-9-10-31(45)50)25-44(6,41(57)64-20-27(48)18-47)24-42(3,4)39(55)63-21-28(49)19-60-16-17-61-22-29-36(58-7)34(53)35(54)38(66-29)67-37-30(23-59-15-13-46)65-26(2)32(51)33(37)52/h26-30,32-38,46-49,51-54H,8-25H2,1-7H3. The summed E-state index contributed by atoms with van der Waals surface area (Å²) < 4.78 is 55.9. The van der Waals surface area contributed by atoms with Crippen LogP contribution in [0.2, 0.25) is 0 Å². The van der Waals surface area contributed by atoms with Crippen molar-refractivity contribution < 1.29 is 107 Å². The van der Waals surface area contributed by atoms with E-state index in [1.165, 1.54) is 27.9 Å². The van der Waals surface area contributed by atoms with Gasteiger partial charge in [-0.2, -0.15) is 0 Å². The van der Waals surface area contributed by atoms with Gasteiger partial charge in [0.15, 0.2) is 6.29 Å². The molecular weight excluding hydrogens is 894 g/mol. The van der Waals surface area contributed by atoms with E-state index in [0.717, 1.165) is 6.42 Å². The summed E-state index contributed by atoms with van der Waals surface area (Å²) in [5.74, 6) is -2.24. The number of carbonyl (C=O) groups excluding carboxylic acids is 4. The molecule has 3 aliphatic rings. The van der Waals surface area contributed by atoms with E-state index in [1.807, 2.05) is 0 Å². The lowest BCUT2D eigenvalue weighted by atomic mass is 9.65. The van der Waals surface area contributed by atoms with Crippen molar-refractivity contribution >= 4 is 23.8 Å².